The summed E-state index contributed by atoms with van der Waals surface area (Å²) in [6, 6.07) is 11.4. The summed E-state index contributed by atoms with van der Waals surface area (Å²) in [5, 5.41) is 0.394. The fourth-order valence-corrected chi connectivity index (χ4v) is 2.63. The topological polar surface area (TPSA) is 18.5 Å². The number of alkyl halides is 1. The molecule has 0 spiro atoms. The lowest BCUT2D eigenvalue weighted by atomic mass is 9.99. The summed E-state index contributed by atoms with van der Waals surface area (Å²) in [7, 11) is 3.21. The quantitative estimate of drug-likeness (QED) is 0.740. The Hall–Kier alpha value is -1.38. The van der Waals surface area contributed by atoms with E-state index >= 15 is 0 Å². The van der Waals surface area contributed by atoms with E-state index in [-0.39, 0.29) is 5.38 Å². The van der Waals surface area contributed by atoms with E-state index in [0.29, 0.717) is 16.5 Å². The predicted molar refractivity (Wildman–Crippen MR) is 83.4 cm³/mol. The minimum absolute atomic E-state index is 0.284. The van der Waals surface area contributed by atoms with Crippen molar-refractivity contribution in [2.45, 2.75) is 12.3 Å². The van der Waals surface area contributed by atoms with E-state index in [9.17, 15) is 0 Å². The normalized spacial score (nSPS) is 12.1. The van der Waals surface area contributed by atoms with Gasteiger partial charge < -0.3 is 9.47 Å². The molecule has 106 valence electrons. The average molecular weight is 311 g/mol. The van der Waals surface area contributed by atoms with Crippen molar-refractivity contribution < 1.29 is 9.47 Å². The third-order valence-corrected chi connectivity index (χ3v) is 3.94. The molecule has 1 atom stereocenters. The third-order valence-electron chi connectivity index (χ3n) is 3.21. The second kappa shape index (κ2) is 6.38. The van der Waals surface area contributed by atoms with Crippen molar-refractivity contribution in [2.24, 2.45) is 0 Å². The van der Waals surface area contributed by atoms with Gasteiger partial charge in [-0.15, -0.1) is 11.6 Å². The van der Waals surface area contributed by atoms with Crippen molar-refractivity contribution in [3.8, 4) is 11.5 Å². The van der Waals surface area contributed by atoms with Crippen molar-refractivity contribution in [3.05, 3.63) is 58.1 Å². The maximum atomic E-state index is 6.58. The van der Waals surface area contributed by atoms with E-state index in [2.05, 4.69) is 0 Å². The molecule has 0 aromatic heterocycles. The Morgan fingerprint density at radius 2 is 1.65 bits per heavy atom. The Morgan fingerprint density at radius 3 is 2.30 bits per heavy atom. The van der Waals surface area contributed by atoms with Gasteiger partial charge in [0, 0.05) is 5.02 Å². The van der Waals surface area contributed by atoms with E-state index < -0.39 is 0 Å². The Balaban J connectivity index is 2.42. The second-order valence-electron chi connectivity index (χ2n) is 4.48. The molecule has 2 rings (SSSR count). The van der Waals surface area contributed by atoms with Crippen LogP contribution in [0.5, 0.6) is 11.5 Å². The van der Waals surface area contributed by atoms with Gasteiger partial charge in [-0.2, -0.15) is 0 Å². The van der Waals surface area contributed by atoms with Gasteiger partial charge in [0.1, 0.15) is 0 Å². The third kappa shape index (κ3) is 3.02. The first-order valence-electron chi connectivity index (χ1n) is 6.19. The Kier molecular flexibility index (Phi) is 4.79. The molecule has 2 nitrogen and oxygen atoms in total. The van der Waals surface area contributed by atoms with Gasteiger partial charge in [0.2, 0.25) is 0 Å². The molecule has 0 aliphatic rings. The summed E-state index contributed by atoms with van der Waals surface area (Å²) in [5.74, 6) is 1.35. The minimum Gasteiger partial charge on any atom is -0.493 e. The molecule has 0 amide bonds. The van der Waals surface area contributed by atoms with E-state index in [4.69, 9.17) is 32.7 Å². The van der Waals surface area contributed by atoms with Crippen molar-refractivity contribution in [1.29, 1.82) is 0 Å². The number of benzene rings is 2. The first-order valence-corrected chi connectivity index (χ1v) is 7.00. The first-order chi connectivity index (χ1) is 9.56. The number of aryl methyl sites for hydroxylation is 1. The molecule has 0 bridgehead atoms. The Labute approximate surface area is 129 Å². The molecular weight excluding hydrogens is 295 g/mol. The van der Waals surface area contributed by atoms with Crippen LogP contribution < -0.4 is 9.47 Å². The molecule has 2 aromatic rings. The number of ether oxygens (including phenoxy) is 2. The lowest BCUT2D eigenvalue weighted by Crippen LogP contribution is -1.98. The lowest BCUT2D eigenvalue weighted by Gasteiger charge is -2.16. The van der Waals surface area contributed by atoms with Gasteiger partial charge >= 0.3 is 0 Å². The second-order valence-corrected chi connectivity index (χ2v) is 5.35. The highest BCUT2D eigenvalue weighted by molar-refractivity contribution is 6.31. The van der Waals surface area contributed by atoms with Crippen LogP contribution in [-0.4, -0.2) is 14.2 Å². The summed E-state index contributed by atoms with van der Waals surface area (Å²) < 4.78 is 10.5. The highest BCUT2D eigenvalue weighted by Gasteiger charge is 2.16. The van der Waals surface area contributed by atoms with Crippen LogP contribution in [0.1, 0.15) is 22.1 Å². The fraction of sp³-hybridized carbons (Fsp3) is 0.250. The zero-order valence-electron chi connectivity index (χ0n) is 11.6. The lowest BCUT2D eigenvalue weighted by molar-refractivity contribution is 0.354. The number of hydrogen-bond donors (Lipinski definition) is 0. The number of hydrogen-bond acceptors (Lipinski definition) is 2. The highest BCUT2D eigenvalue weighted by atomic mass is 35.5. The summed E-state index contributed by atoms with van der Waals surface area (Å²) >= 11 is 12.6. The maximum Gasteiger partial charge on any atom is 0.161 e. The summed E-state index contributed by atoms with van der Waals surface area (Å²) in [4.78, 5) is 0. The van der Waals surface area contributed by atoms with Gasteiger partial charge in [0.15, 0.2) is 11.5 Å². The van der Waals surface area contributed by atoms with Crippen molar-refractivity contribution in [3.63, 3.8) is 0 Å². The average Bonchev–Trinajstić information content (AvgIpc) is 2.48. The van der Waals surface area contributed by atoms with Crippen LogP contribution in [0, 0.1) is 6.92 Å². The molecule has 0 N–H and O–H groups in total. The molecule has 0 saturated heterocycles. The fourth-order valence-electron chi connectivity index (χ4n) is 2.07. The Morgan fingerprint density at radius 1 is 0.950 bits per heavy atom. The molecule has 20 heavy (non-hydrogen) atoms. The first kappa shape index (κ1) is 15.0. The largest absolute Gasteiger partial charge is 0.493 e. The van der Waals surface area contributed by atoms with Gasteiger partial charge in [-0.05, 0) is 47.9 Å². The van der Waals surface area contributed by atoms with Gasteiger partial charge in [0.25, 0.3) is 0 Å². The van der Waals surface area contributed by atoms with E-state index in [0.717, 1.165) is 16.7 Å². The zero-order valence-corrected chi connectivity index (χ0v) is 13.1. The molecule has 0 fully saturated rings. The molecule has 0 heterocycles. The van der Waals surface area contributed by atoms with E-state index in [1.807, 2.05) is 43.3 Å². The van der Waals surface area contributed by atoms with Gasteiger partial charge in [-0.3, -0.25) is 0 Å². The molecule has 0 aliphatic carbocycles. The van der Waals surface area contributed by atoms with Crippen LogP contribution >= 0.6 is 23.2 Å². The maximum absolute atomic E-state index is 6.58. The molecule has 0 saturated carbocycles. The van der Waals surface area contributed by atoms with Crippen LogP contribution in [0.4, 0.5) is 0 Å². The van der Waals surface area contributed by atoms with Crippen LogP contribution in [0.15, 0.2) is 36.4 Å². The SMILES string of the molecule is COc1ccc(C(Cl)c2cc(Cl)ccc2C)cc1OC. The van der Waals surface area contributed by atoms with Gasteiger partial charge in [0.05, 0.1) is 19.6 Å². The van der Waals surface area contributed by atoms with Crippen molar-refractivity contribution in [2.75, 3.05) is 14.2 Å². The van der Waals surface area contributed by atoms with Crippen LogP contribution in [-0.2, 0) is 0 Å². The van der Waals surface area contributed by atoms with Gasteiger partial charge in [-0.1, -0.05) is 23.7 Å². The number of rotatable bonds is 4. The van der Waals surface area contributed by atoms with Crippen LogP contribution in [0.2, 0.25) is 5.02 Å². The summed E-state index contributed by atoms with van der Waals surface area (Å²) in [6.45, 7) is 2.02. The monoisotopic (exact) mass is 310 g/mol. The van der Waals surface area contributed by atoms with Crippen molar-refractivity contribution in [1.82, 2.24) is 0 Å². The molecule has 0 aliphatic heterocycles. The number of methoxy groups -OCH3 is 2. The standard InChI is InChI=1S/C16H16Cl2O2/c1-10-4-6-12(17)9-13(10)16(18)11-5-7-14(19-2)15(8-11)20-3/h4-9,16H,1-3H3. The Bertz CT molecular complexity index is 611. The van der Waals surface area contributed by atoms with Crippen molar-refractivity contribution >= 4 is 23.2 Å². The van der Waals surface area contributed by atoms with Crippen LogP contribution in [0.3, 0.4) is 0 Å². The molecule has 2 aromatic carbocycles. The van der Waals surface area contributed by atoms with E-state index in [1.165, 1.54) is 0 Å². The summed E-state index contributed by atoms with van der Waals surface area (Å²) in [5.41, 5.74) is 3.03. The zero-order chi connectivity index (χ0) is 14.7. The van der Waals surface area contributed by atoms with Crippen LogP contribution in [0.25, 0.3) is 0 Å². The smallest absolute Gasteiger partial charge is 0.161 e. The molecule has 4 heteroatoms. The summed E-state index contributed by atoms with van der Waals surface area (Å²) in [6.07, 6.45) is 0. The van der Waals surface area contributed by atoms with Gasteiger partial charge in [-0.25, -0.2) is 0 Å². The molecule has 1 unspecified atom stereocenters. The minimum atomic E-state index is -0.284. The molecule has 0 radical (unpaired) electrons. The predicted octanol–water partition coefficient (Wildman–Crippen LogP) is 4.99. The highest BCUT2D eigenvalue weighted by Crippen LogP contribution is 2.37. The number of halogens is 2. The van der Waals surface area contributed by atoms with E-state index in [1.54, 1.807) is 14.2 Å². The molecular formula is C16H16Cl2O2.